The van der Waals surface area contributed by atoms with Gasteiger partial charge in [-0.2, -0.15) is 5.10 Å². The Morgan fingerprint density at radius 3 is 2.76 bits per heavy atom. The molecule has 3 heterocycles. The standard InChI is InChI=1S/C22H24ClN5O/c23-17-4-3-5-18(16-17)27-12-10-26(11-13-27)9-8-21-24-25-22-19-6-1-2-7-20(19)29-15-14-28(21)22/h1-8,16,24H,9-15H2/b21-8+. The van der Waals surface area contributed by atoms with E-state index in [1.807, 2.05) is 36.4 Å². The number of halogens is 1. The highest BCUT2D eigenvalue weighted by Gasteiger charge is 2.28. The quantitative estimate of drug-likeness (QED) is 0.844. The minimum absolute atomic E-state index is 0.646. The Balaban J connectivity index is 1.21. The van der Waals surface area contributed by atoms with Gasteiger partial charge in [-0.1, -0.05) is 29.8 Å². The van der Waals surface area contributed by atoms with Crippen LogP contribution in [0.2, 0.25) is 5.02 Å². The Bertz CT molecular complexity index is 952. The van der Waals surface area contributed by atoms with Crippen LogP contribution in [0.25, 0.3) is 0 Å². The van der Waals surface area contributed by atoms with Gasteiger partial charge in [0.2, 0.25) is 0 Å². The molecule has 0 saturated carbocycles. The van der Waals surface area contributed by atoms with Crippen molar-refractivity contribution in [1.29, 1.82) is 0 Å². The summed E-state index contributed by atoms with van der Waals surface area (Å²) in [6.45, 7) is 6.38. The Hall–Kier alpha value is -2.70. The van der Waals surface area contributed by atoms with Gasteiger partial charge in [-0.3, -0.25) is 10.3 Å². The van der Waals surface area contributed by atoms with Crippen LogP contribution in [0.3, 0.4) is 0 Å². The van der Waals surface area contributed by atoms with Gasteiger partial charge >= 0.3 is 0 Å². The zero-order chi connectivity index (χ0) is 19.6. The number of rotatable bonds is 3. The van der Waals surface area contributed by atoms with E-state index in [1.54, 1.807) is 0 Å². The molecular formula is C22H24ClN5O. The molecular weight excluding hydrogens is 386 g/mol. The number of piperazine rings is 1. The predicted octanol–water partition coefficient (Wildman–Crippen LogP) is 2.96. The Morgan fingerprint density at radius 2 is 1.90 bits per heavy atom. The molecule has 0 radical (unpaired) electrons. The molecule has 0 spiro atoms. The first-order valence-electron chi connectivity index (χ1n) is 10.0. The smallest absolute Gasteiger partial charge is 0.165 e. The molecule has 3 aliphatic heterocycles. The molecule has 1 fully saturated rings. The largest absolute Gasteiger partial charge is 0.491 e. The average Bonchev–Trinajstić information content (AvgIpc) is 3.06. The van der Waals surface area contributed by atoms with E-state index in [9.17, 15) is 0 Å². The third-order valence-electron chi connectivity index (χ3n) is 5.61. The Morgan fingerprint density at radius 1 is 1.03 bits per heavy atom. The van der Waals surface area contributed by atoms with Crippen LogP contribution in [0, 0.1) is 0 Å². The van der Waals surface area contributed by atoms with Crippen LogP contribution in [0.1, 0.15) is 5.56 Å². The normalized spacial score (nSPS) is 20.4. The van der Waals surface area contributed by atoms with Gasteiger partial charge in [0.25, 0.3) is 0 Å². The van der Waals surface area contributed by atoms with E-state index < -0.39 is 0 Å². The number of nitrogens with zero attached hydrogens (tertiary/aromatic N) is 4. The van der Waals surface area contributed by atoms with E-state index in [0.717, 1.165) is 67.3 Å². The number of ether oxygens (including phenoxy) is 1. The molecule has 3 aliphatic rings. The Kier molecular flexibility index (Phi) is 5.04. The van der Waals surface area contributed by atoms with Crippen LogP contribution in [-0.2, 0) is 0 Å². The second-order valence-corrected chi connectivity index (χ2v) is 7.84. The van der Waals surface area contributed by atoms with E-state index in [1.165, 1.54) is 5.69 Å². The maximum atomic E-state index is 6.14. The summed E-state index contributed by atoms with van der Waals surface area (Å²) in [4.78, 5) is 7.08. The highest BCUT2D eigenvalue weighted by atomic mass is 35.5. The van der Waals surface area contributed by atoms with Crippen molar-refractivity contribution in [2.45, 2.75) is 0 Å². The summed E-state index contributed by atoms with van der Waals surface area (Å²) in [5.74, 6) is 2.88. The molecule has 2 aromatic carbocycles. The second-order valence-electron chi connectivity index (χ2n) is 7.40. The van der Waals surface area contributed by atoms with Gasteiger partial charge in [0.1, 0.15) is 18.2 Å². The fourth-order valence-electron chi connectivity index (χ4n) is 4.03. The maximum Gasteiger partial charge on any atom is 0.165 e. The van der Waals surface area contributed by atoms with Crippen LogP contribution in [0.5, 0.6) is 5.75 Å². The third-order valence-corrected chi connectivity index (χ3v) is 5.85. The second kappa shape index (κ2) is 7.97. The van der Waals surface area contributed by atoms with Crippen molar-refractivity contribution >= 4 is 23.1 Å². The number of hydrazone groups is 1. The van der Waals surface area contributed by atoms with Gasteiger partial charge in [0, 0.05) is 43.4 Å². The fourth-order valence-corrected chi connectivity index (χ4v) is 4.22. The molecule has 7 heteroatoms. The molecule has 150 valence electrons. The van der Waals surface area contributed by atoms with E-state index >= 15 is 0 Å². The number of nitrogens with one attached hydrogen (secondary N) is 1. The molecule has 1 N–H and O–H groups in total. The van der Waals surface area contributed by atoms with E-state index in [0.29, 0.717) is 6.61 Å². The maximum absolute atomic E-state index is 6.14. The fraction of sp³-hybridized carbons (Fsp3) is 0.318. The van der Waals surface area contributed by atoms with Crippen molar-refractivity contribution in [2.24, 2.45) is 5.10 Å². The van der Waals surface area contributed by atoms with Crippen molar-refractivity contribution < 1.29 is 4.74 Å². The van der Waals surface area contributed by atoms with Crippen molar-refractivity contribution in [3.05, 3.63) is 71.0 Å². The molecule has 2 aromatic rings. The SMILES string of the molecule is Clc1cccc(N2CCN(C/C=C3\NN=C4c5ccccc5OCCN43)CC2)c1. The van der Waals surface area contributed by atoms with Crippen LogP contribution in [0.15, 0.2) is 65.5 Å². The first kappa shape index (κ1) is 18.3. The predicted molar refractivity (Wildman–Crippen MR) is 117 cm³/mol. The van der Waals surface area contributed by atoms with E-state index in [-0.39, 0.29) is 0 Å². The number of benzene rings is 2. The van der Waals surface area contributed by atoms with Crippen molar-refractivity contribution in [3.8, 4) is 5.75 Å². The summed E-state index contributed by atoms with van der Waals surface area (Å²) < 4.78 is 5.89. The molecule has 0 aliphatic carbocycles. The lowest BCUT2D eigenvalue weighted by atomic mass is 10.1. The van der Waals surface area contributed by atoms with Crippen LogP contribution >= 0.6 is 11.6 Å². The van der Waals surface area contributed by atoms with Gasteiger partial charge in [0.05, 0.1) is 12.1 Å². The van der Waals surface area contributed by atoms with Crippen LogP contribution in [0.4, 0.5) is 5.69 Å². The number of hydrogen-bond acceptors (Lipinski definition) is 6. The molecule has 29 heavy (non-hydrogen) atoms. The summed E-state index contributed by atoms with van der Waals surface area (Å²) in [6.07, 6.45) is 2.24. The Labute approximate surface area is 176 Å². The first-order valence-corrected chi connectivity index (χ1v) is 10.4. The number of fused-ring (bicyclic) bond motifs is 3. The lowest BCUT2D eigenvalue weighted by molar-refractivity contribution is 0.278. The van der Waals surface area contributed by atoms with Gasteiger partial charge in [-0.05, 0) is 36.4 Å². The van der Waals surface area contributed by atoms with Crippen LogP contribution in [-0.4, -0.2) is 61.5 Å². The minimum atomic E-state index is 0.646. The molecule has 0 amide bonds. The van der Waals surface area contributed by atoms with E-state index in [4.69, 9.17) is 16.3 Å². The molecule has 0 unspecified atom stereocenters. The molecule has 6 nitrogen and oxygen atoms in total. The van der Waals surface area contributed by atoms with Crippen LogP contribution < -0.4 is 15.1 Å². The summed E-state index contributed by atoms with van der Waals surface area (Å²) in [6, 6.07) is 16.2. The number of hydrogen-bond donors (Lipinski definition) is 1. The highest BCUT2D eigenvalue weighted by Crippen LogP contribution is 2.27. The number of anilines is 1. The summed E-state index contributed by atoms with van der Waals surface area (Å²) >= 11 is 6.14. The third kappa shape index (κ3) is 3.78. The lowest BCUT2D eigenvalue weighted by Gasteiger charge is -2.35. The molecule has 0 bridgehead atoms. The number of para-hydroxylation sites is 1. The molecule has 5 rings (SSSR count). The molecule has 0 atom stereocenters. The summed E-state index contributed by atoms with van der Waals surface area (Å²) in [7, 11) is 0. The lowest BCUT2D eigenvalue weighted by Crippen LogP contribution is -2.46. The van der Waals surface area contributed by atoms with Gasteiger partial charge < -0.3 is 14.5 Å². The first-order chi connectivity index (χ1) is 14.3. The summed E-state index contributed by atoms with van der Waals surface area (Å²) in [5, 5.41) is 5.36. The monoisotopic (exact) mass is 409 g/mol. The average molecular weight is 410 g/mol. The summed E-state index contributed by atoms with van der Waals surface area (Å²) in [5.41, 5.74) is 5.46. The highest BCUT2D eigenvalue weighted by molar-refractivity contribution is 6.30. The van der Waals surface area contributed by atoms with Gasteiger partial charge in [-0.25, -0.2) is 0 Å². The molecule has 0 aromatic heterocycles. The van der Waals surface area contributed by atoms with E-state index in [2.05, 4.69) is 43.4 Å². The van der Waals surface area contributed by atoms with Crippen molar-refractivity contribution in [3.63, 3.8) is 0 Å². The van der Waals surface area contributed by atoms with Gasteiger partial charge in [-0.15, -0.1) is 0 Å². The zero-order valence-corrected chi connectivity index (χ0v) is 17.0. The number of amidine groups is 1. The van der Waals surface area contributed by atoms with Crippen molar-refractivity contribution in [2.75, 3.05) is 50.8 Å². The minimum Gasteiger partial charge on any atom is -0.491 e. The van der Waals surface area contributed by atoms with Crippen molar-refractivity contribution in [1.82, 2.24) is 15.2 Å². The molecule has 1 saturated heterocycles. The van der Waals surface area contributed by atoms with Gasteiger partial charge in [0.15, 0.2) is 5.84 Å². The zero-order valence-electron chi connectivity index (χ0n) is 16.2. The topological polar surface area (TPSA) is 43.3 Å².